The van der Waals surface area contributed by atoms with Crippen molar-refractivity contribution in [2.24, 2.45) is 0 Å². The number of rotatable bonds is 1. The number of hydrogen-bond donors (Lipinski definition) is 1. The molecule has 1 aromatic rings. The standard InChI is InChI=1S/C10H14N2O3/c1-6-9(15-7(2)11-6)10(14)12-4-3-8(13)5-12/h8,13H,3-5H2,1-2H3/t8-/m0/s1. The number of oxazole rings is 1. The number of aliphatic hydroxyl groups is 1. The molecule has 1 fully saturated rings. The van der Waals surface area contributed by atoms with Crippen molar-refractivity contribution in [1.82, 2.24) is 9.88 Å². The van der Waals surface area contributed by atoms with E-state index in [4.69, 9.17) is 4.42 Å². The second-order valence-electron chi connectivity index (χ2n) is 3.84. The molecule has 0 bridgehead atoms. The van der Waals surface area contributed by atoms with E-state index < -0.39 is 6.10 Å². The zero-order valence-corrected chi connectivity index (χ0v) is 8.86. The van der Waals surface area contributed by atoms with E-state index >= 15 is 0 Å². The summed E-state index contributed by atoms with van der Waals surface area (Å²) in [5.41, 5.74) is 0.610. The maximum Gasteiger partial charge on any atom is 0.291 e. The van der Waals surface area contributed by atoms with Crippen molar-refractivity contribution >= 4 is 5.91 Å². The number of β-amino-alcohol motifs (C(OH)–C–C–N with tert-alkyl or cyclic N) is 1. The van der Waals surface area contributed by atoms with Crippen molar-refractivity contribution in [3.63, 3.8) is 0 Å². The number of carbonyl (C=O) groups excluding carboxylic acids is 1. The molecule has 2 heterocycles. The van der Waals surface area contributed by atoms with Crippen LogP contribution in [-0.4, -0.2) is 40.1 Å². The zero-order chi connectivity index (χ0) is 11.0. The Balaban J connectivity index is 2.17. The fourth-order valence-corrected chi connectivity index (χ4v) is 1.80. The van der Waals surface area contributed by atoms with Gasteiger partial charge < -0.3 is 14.4 Å². The summed E-state index contributed by atoms with van der Waals surface area (Å²) in [4.78, 5) is 17.5. The predicted molar refractivity (Wildman–Crippen MR) is 52.5 cm³/mol. The second kappa shape index (κ2) is 3.66. The van der Waals surface area contributed by atoms with Gasteiger partial charge in [-0.1, -0.05) is 0 Å². The van der Waals surface area contributed by atoms with Crippen LogP contribution in [0.5, 0.6) is 0 Å². The fraction of sp³-hybridized carbons (Fsp3) is 0.600. The number of amides is 1. The minimum absolute atomic E-state index is 0.176. The van der Waals surface area contributed by atoms with Gasteiger partial charge in [-0.05, 0) is 13.3 Å². The third-order valence-corrected chi connectivity index (χ3v) is 2.55. The molecule has 1 saturated heterocycles. The Labute approximate surface area is 87.7 Å². The van der Waals surface area contributed by atoms with E-state index in [9.17, 15) is 9.90 Å². The molecule has 5 nitrogen and oxygen atoms in total. The van der Waals surface area contributed by atoms with E-state index in [0.717, 1.165) is 0 Å². The first-order chi connectivity index (χ1) is 7.08. The Morgan fingerprint density at radius 1 is 1.60 bits per heavy atom. The summed E-state index contributed by atoms with van der Waals surface area (Å²) < 4.78 is 5.24. The quantitative estimate of drug-likeness (QED) is 0.733. The number of hydrogen-bond acceptors (Lipinski definition) is 4. The lowest BCUT2D eigenvalue weighted by atomic mass is 10.3. The first-order valence-electron chi connectivity index (χ1n) is 4.99. The van der Waals surface area contributed by atoms with Crippen LogP contribution in [0, 0.1) is 13.8 Å². The van der Waals surface area contributed by atoms with Crippen molar-refractivity contribution in [3.8, 4) is 0 Å². The summed E-state index contributed by atoms with van der Waals surface area (Å²) in [6, 6.07) is 0. The van der Waals surface area contributed by atoms with Crippen LogP contribution in [0.25, 0.3) is 0 Å². The smallest absolute Gasteiger partial charge is 0.291 e. The van der Waals surface area contributed by atoms with Crippen molar-refractivity contribution in [3.05, 3.63) is 17.3 Å². The van der Waals surface area contributed by atoms with Crippen molar-refractivity contribution in [1.29, 1.82) is 0 Å². The van der Waals surface area contributed by atoms with E-state index in [1.165, 1.54) is 0 Å². The lowest BCUT2D eigenvalue weighted by molar-refractivity contribution is 0.0731. The number of aromatic nitrogens is 1. The van der Waals surface area contributed by atoms with E-state index in [1.54, 1.807) is 18.7 Å². The van der Waals surface area contributed by atoms with Crippen LogP contribution >= 0.6 is 0 Å². The highest BCUT2D eigenvalue weighted by Crippen LogP contribution is 2.16. The van der Waals surface area contributed by atoms with Crippen LogP contribution in [0.1, 0.15) is 28.6 Å². The van der Waals surface area contributed by atoms with Gasteiger partial charge in [-0.3, -0.25) is 4.79 Å². The molecule has 1 amide bonds. The number of likely N-dealkylation sites (tertiary alicyclic amines) is 1. The Morgan fingerprint density at radius 3 is 2.80 bits per heavy atom. The molecule has 0 unspecified atom stereocenters. The summed E-state index contributed by atoms with van der Waals surface area (Å²) >= 11 is 0. The summed E-state index contributed by atoms with van der Waals surface area (Å²) in [6.45, 7) is 4.43. The average molecular weight is 210 g/mol. The number of carbonyl (C=O) groups is 1. The molecule has 0 radical (unpaired) electrons. The maximum absolute atomic E-state index is 11.9. The predicted octanol–water partition coefficient (Wildman–Crippen LogP) is 0.498. The third kappa shape index (κ3) is 1.87. The van der Waals surface area contributed by atoms with Crippen molar-refractivity contribution < 1.29 is 14.3 Å². The topological polar surface area (TPSA) is 66.6 Å². The van der Waals surface area contributed by atoms with Crippen LogP contribution in [0.2, 0.25) is 0 Å². The normalized spacial score (nSPS) is 21.0. The van der Waals surface area contributed by atoms with Gasteiger partial charge in [0.25, 0.3) is 5.91 Å². The van der Waals surface area contributed by atoms with Crippen molar-refractivity contribution in [2.45, 2.75) is 26.4 Å². The number of nitrogens with zero attached hydrogens (tertiary/aromatic N) is 2. The number of aryl methyl sites for hydroxylation is 2. The molecule has 1 aliphatic heterocycles. The Bertz CT molecular complexity index is 386. The van der Waals surface area contributed by atoms with Crippen LogP contribution in [-0.2, 0) is 0 Å². The molecule has 1 N–H and O–H groups in total. The van der Waals surface area contributed by atoms with Gasteiger partial charge in [-0.2, -0.15) is 0 Å². The molecule has 0 aliphatic carbocycles. The Kier molecular flexibility index (Phi) is 2.48. The minimum atomic E-state index is -0.404. The summed E-state index contributed by atoms with van der Waals surface area (Å²) in [6.07, 6.45) is 0.232. The molecule has 0 saturated carbocycles. The Morgan fingerprint density at radius 2 is 2.33 bits per heavy atom. The molecule has 82 valence electrons. The largest absolute Gasteiger partial charge is 0.436 e. The highest BCUT2D eigenvalue weighted by molar-refractivity contribution is 5.92. The van der Waals surface area contributed by atoms with Crippen LogP contribution in [0.4, 0.5) is 0 Å². The average Bonchev–Trinajstić information content (AvgIpc) is 2.71. The van der Waals surface area contributed by atoms with Crippen LogP contribution < -0.4 is 0 Å². The molecule has 15 heavy (non-hydrogen) atoms. The van der Waals surface area contributed by atoms with E-state index in [0.29, 0.717) is 36.9 Å². The van der Waals surface area contributed by atoms with Gasteiger partial charge in [-0.25, -0.2) is 4.98 Å². The lowest BCUT2D eigenvalue weighted by Crippen LogP contribution is -2.29. The molecule has 1 atom stereocenters. The van der Waals surface area contributed by atoms with E-state index in [1.807, 2.05) is 0 Å². The van der Waals surface area contributed by atoms with Crippen LogP contribution in [0.3, 0.4) is 0 Å². The summed E-state index contributed by atoms with van der Waals surface area (Å²) in [7, 11) is 0. The second-order valence-corrected chi connectivity index (χ2v) is 3.84. The minimum Gasteiger partial charge on any atom is -0.436 e. The molecule has 1 aliphatic rings. The van der Waals surface area contributed by atoms with Crippen LogP contribution in [0.15, 0.2) is 4.42 Å². The SMILES string of the molecule is Cc1nc(C)c(C(=O)N2CC[C@H](O)C2)o1. The van der Waals surface area contributed by atoms with Crippen molar-refractivity contribution in [2.75, 3.05) is 13.1 Å². The van der Waals surface area contributed by atoms with Gasteiger partial charge >= 0.3 is 0 Å². The molecule has 0 spiro atoms. The summed E-state index contributed by atoms with van der Waals surface area (Å²) in [5, 5.41) is 9.33. The van der Waals surface area contributed by atoms with Gasteiger partial charge in [0.2, 0.25) is 5.76 Å². The molecule has 2 rings (SSSR count). The first kappa shape index (κ1) is 10.2. The summed E-state index contributed by atoms with van der Waals surface area (Å²) in [5.74, 6) is 0.613. The van der Waals surface area contributed by atoms with Gasteiger partial charge in [0.1, 0.15) is 0 Å². The van der Waals surface area contributed by atoms with E-state index in [2.05, 4.69) is 4.98 Å². The monoisotopic (exact) mass is 210 g/mol. The fourth-order valence-electron chi connectivity index (χ4n) is 1.80. The lowest BCUT2D eigenvalue weighted by Gasteiger charge is -2.13. The highest BCUT2D eigenvalue weighted by atomic mass is 16.4. The molecule has 1 aromatic heterocycles. The van der Waals surface area contributed by atoms with Gasteiger partial charge in [-0.15, -0.1) is 0 Å². The first-order valence-corrected chi connectivity index (χ1v) is 4.99. The number of aliphatic hydroxyl groups excluding tert-OH is 1. The molecular formula is C10H14N2O3. The Hall–Kier alpha value is -1.36. The molecular weight excluding hydrogens is 196 g/mol. The van der Waals surface area contributed by atoms with Gasteiger partial charge in [0.05, 0.1) is 11.8 Å². The highest BCUT2D eigenvalue weighted by Gasteiger charge is 2.28. The molecule has 0 aromatic carbocycles. The van der Waals surface area contributed by atoms with Gasteiger partial charge in [0, 0.05) is 20.0 Å². The van der Waals surface area contributed by atoms with E-state index in [-0.39, 0.29) is 5.91 Å². The van der Waals surface area contributed by atoms with Gasteiger partial charge in [0.15, 0.2) is 5.89 Å². The third-order valence-electron chi connectivity index (χ3n) is 2.55. The molecule has 5 heteroatoms. The maximum atomic E-state index is 11.9. The zero-order valence-electron chi connectivity index (χ0n) is 8.86.